The molecule has 1 atom stereocenters. The predicted molar refractivity (Wildman–Crippen MR) is 88.3 cm³/mol. The first kappa shape index (κ1) is 15.0. The number of nitrogens with one attached hydrogen (secondary N) is 1. The lowest BCUT2D eigenvalue weighted by atomic mass is 10.1. The van der Waals surface area contributed by atoms with E-state index in [1.165, 1.54) is 0 Å². The van der Waals surface area contributed by atoms with Crippen LogP contribution in [0.15, 0.2) is 48.8 Å². The van der Waals surface area contributed by atoms with Crippen LogP contribution in [0.3, 0.4) is 0 Å². The largest absolute Gasteiger partial charge is 0.493 e. The maximum Gasteiger partial charge on any atom is 0.230 e. The quantitative estimate of drug-likeness (QED) is 0.786. The van der Waals surface area contributed by atoms with Crippen molar-refractivity contribution in [1.82, 2.24) is 14.8 Å². The zero-order valence-electron chi connectivity index (χ0n) is 13.1. The molecule has 2 heterocycles. The van der Waals surface area contributed by atoms with Gasteiger partial charge in [-0.2, -0.15) is 5.10 Å². The van der Waals surface area contributed by atoms with Crippen molar-refractivity contribution in [3.8, 4) is 5.75 Å². The molecule has 0 unspecified atom stereocenters. The minimum Gasteiger partial charge on any atom is -0.493 e. The third-order valence-electron chi connectivity index (χ3n) is 3.68. The molecule has 23 heavy (non-hydrogen) atoms. The smallest absolute Gasteiger partial charge is 0.230 e. The van der Waals surface area contributed by atoms with E-state index in [0.29, 0.717) is 18.1 Å². The molecule has 0 fully saturated rings. The summed E-state index contributed by atoms with van der Waals surface area (Å²) < 4.78 is 7.04. The summed E-state index contributed by atoms with van der Waals surface area (Å²) >= 11 is 0. The normalized spacial score (nSPS) is 12.1. The van der Waals surface area contributed by atoms with Crippen molar-refractivity contribution < 1.29 is 9.53 Å². The molecule has 3 aromatic rings. The molecular weight excluding hydrogens is 292 g/mol. The summed E-state index contributed by atoms with van der Waals surface area (Å²) in [6, 6.07) is 11.4. The molecule has 0 radical (unpaired) electrons. The van der Waals surface area contributed by atoms with Crippen LogP contribution in [0.5, 0.6) is 5.75 Å². The van der Waals surface area contributed by atoms with Crippen molar-refractivity contribution >= 4 is 22.6 Å². The molecule has 1 aromatic carbocycles. The molecule has 0 aliphatic heterocycles. The van der Waals surface area contributed by atoms with Gasteiger partial charge < -0.3 is 10.1 Å². The van der Waals surface area contributed by atoms with Gasteiger partial charge in [0.15, 0.2) is 11.6 Å². The lowest BCUT2D eigenvalue weighted by Gasteiger charge is -2.14. The van der Waals surface area contributed by atoms with E-state index in [2.05, 4.69) is 15.4 Å². The van der Waals surface area contributed by atoms with Gasteiger partial charge in [-0.25, -0.2) is 4.98 Å². The highest BCUT2D eigenvalue weighted by Crippen LogP contribution is 2.21. The minimum atomic E-state index is -0.259. The second kappa shape index (κ2) is 6.48. The number of hydrogen-bond acceptors (Lipinski definition) is 4. The van der Waals surface area contributed by atoms with E-state index >= 15 is 0 Å². The number of amides is 1. The Hall–Kier alpha value is -2.89. The third-order valence-corrected chi connectivity index (χ3v) is 3.68. The van der Waals surface area contributed by atoms with E-state index in [9.17, 15) is 4.79 Å². The highest BCUT2D eigenvalue weighted by Gasteiger charge is 2.17. The number of aromatic nitrogens is 3. The third kappa shape index (κ3) is 3.15. The molecule has 0 spiro atoms. The van der Waals surface area contributed by atoms with Crippen molar-refractivity contribution in [2.75, 3.05) is 12.4 Å². The lowest BCUT2D eigenvalue weighted by molar-refractivity contribution is -0.119. The van der Waals surface area contributed by atoms with E-state index in [-0.39, 0.29) is 11.8 Å². The Kier molecular flexibility index (Phi) is 4.23. The zero-order chi connectivity index (χ0) is 16.2. The van der Waals surface area contributed by atoms with E-state index in [4.69, 9.17) is 4.74 Å². The molecule has 1 amide bonds. The summed E-state index contributed by atoms with van der Waals surface area (Å²) in [4.78, 5) is 16.5. The highest BCUT2D eigenvalue weighted by atomic mass is 16.5. The molecule has 6 heteroatoms. The molecule has 0 bridgehead atoms. The molecule has 1 N–H and O–H groups in total. The number of anilines is 1. The van der Waals surface area contributed by atoms with Crippen LogP contribution in [-0.4, -0.2) is 27.8 Å². The average molecular weight is 310 g/mol. The van der Waals surface area contributed by atoms with Crippen LogP contribution in [0.25, 0.3) is 10.9 Å². The van der Waals surface area contributed by atoms with Gasteiger partial charge in [-0.15, -0.1) is 0 Å². The van der Waals surface area contributed by atoms with Crippen LogP contribution in [0.1, 0.15) is 6.92 Å². The summed E-state index contributed by atoms with van der Waals surface area (Å²) in [6.07, 6.45) is 3.42. The Labute approximate surface area is 134 Å². The molecule has 0 aliphatic rings. The first-order valence-electron chi connectivity index (χ1n) is 7.39. The van der Waals surface area contributed by atoms with Crippen molar-refractivity contribution in [2.45, 2.75) is 13.5 Å². The van der Waals surface area contributed by atoms with Gasteiger partial charge in [-0.1, -0.05) is 25.1 Å². The van der Waals surface area contributed by atoms with Crippen molar-refractivity contribution in [3.05, 3.63) is 48.8 Å². The van der Waals surface area contributed by atoms with Gasteiger partial charge in [0.2, 0.25) is 5.91 Å². The van der Waals surface area contributed by atoms with Gasteiger partial charge in [0, 0.05) is 11.6 Å². The van der Waals surface area contributed by atoms with Crippen LogP contribution in [0, 0.1) is 5.92 Å². The van der Waals surface area contributed by atoms with Gasteiger partial charge in [0.25, 0.3) is 0 Å². The Bertz CT molecular complexity index is 828. The molecular formula is C17H18N4O2. The van der Waals surface area contributed by atoms with E-state index in [1.54, 1.807) is 25.4 Å². The van der Waals surface area contributed by atoms with Gasteiger partial charge >= 0.3 is 0 Å². The molecule has 118 valence electrons. The molecule has 0 saturated carbocycles. The fourth-order valence-electron chi connectivity index (χ4n) is 2.40. The average Bonchev–Trinajstić information content (AvgIpc) is 2.98. The van der Waals surface area contributed by atoms with E-state index < -0.39 is 0 Å². The zero-order valence-corrected chi connectivity index (χ0v) is 13.1. The van der Waals surface area contributed by atoms with Gasteiger partial charge in [-0.3, -0.25) is 9.48 Å². The molecule has 0 aliphatic carbocycles. The van der Waals surface area contributed by atoms with Crippen molar-refractivity contribution in [2.24, 2.45) is 5.92 Å². The van der Waals surface area contributed by atoms with Crippen molar-refractivity contribution in [3.63, 3.8) is 0 Å². The number of nitrogens with zero attached hydrogens (tertiary/aromatic N) is 3. The topological polar surface area (TPSA) is 69.0 Å². The fraction of sp³-hybridized carbons (Fsp3) is 0.235. The van der Waals surface area contributed by atoms with Gasteiger partial charge in [-0.05, 0) is 18.2 Å². The number of hydrogen-bond donors (Lipinski definition) is 1. The Morgan fingerprint density at radius 1 is 1.30 bits per heavy atom. The Balaban J connectivity index is 1.73. The number of ether oxygens (including phenoxy) is 1. The molecule has 2 aromatic heterocycles. The summed E-state index contributed by atoms with van der Waals surface area (Å²) in [5.41, 5.74) is 1.02. The number of methoxy groups -OCH3 is 1. The number of carbonyl (C=O) groups excluding carboxylic acids is 1. The van der Waals surface area contributed by atoms with Crippen LogP contribution >= 0.6 is 0 Å². The first-order valence-corrected chi connectivity index (χ1v) is 7.39. The standard InChI is InChI=1S/C17H18N4O2/c1-12(11-21-14-7-4-3-6-13(14)10-19-21)17(22)20-16-15(23-2)8-5-9-18-16/h3-10,12H,11H2,1-2H3,(H,18,20,22)/t12-/m1/s1. The maximum atomic E-state index is 12.4. The van der Waals surface area contributed by atoms with Crippen LogP contribution < -0.4 is 10.1 Å². The molecule has 6 nitrogen and oxygen atoms in total. The number of carbonyl (C=O) groups is 1. The SMILES string of the molecule is COc1cccnc1NC(=O)[C@H](C)Cn1ncc2ccccc21. The Morgan fingerprint density at radius 3 is 2.96 bits per heavy atom. The number of fused-ring (bicyclic) bond motifs is 1. The van der Waals surface area contributed by atoms with Crippen LogP contribution in [0.4, 0.5) is 5.82 Å². The summed E-state index contributed by atoms with van der Waals surface area (Å²) in [6.45, 7) is 2.36. The Morgan fingerprint density at radius 2 is 2.13 bits per heavy atom. The van der Waals surface area contributed by atoms with Gasteiger partial charge in [0.05, 0.1) is 31.3 Å². The molecule has 0 saturated heterocycles. The lowest BCUT2D eigenvalue weighted by Crippen LogP contribution is -2.25. The minimum absolute atomic E-state index is 0.124. The van der Waals surface area contributed by atoms with Crippen LogP contribution in [-0.2, 0) is 11.3 Å². The maximum absolute atomic E-state index is 12.4. The fourth-order valence-corrected chi connectivity index (χ4v) is 2.40. The second-order valence-electron chi connectivity index (χ2n) is 5.33. The number of rotatable bonds is 5. The summed E-state index contributed by atoms with van der Waals surface area (Å²) in [7, 11) is 1.55. The summed E-state index contributed by atoms with van der Waals surface area (Å²) in [5.74, 6) is 0.585. The van der Waals surface area contributed by atoms with Crippen molar-refractivity contribution in [1.29, 1.82) is 0 Å². The first-order chi connectivity index (χ1) is 11.2. The van der Waals surface area contributed by atoms with Crippen LogP contribution in [0.2, 0.25) is 0 Å². The van der Waals surface area contributed by atoms with Gasteiger partial charge in [0.1, 0.15) is 0 Å². The second-order valence-corrected chi connectivity index (χ2v) is 5.33. The molecule has 3 rings (SSSR count). The monoisotopic (exact) mass is 310 g/mol. The number of para-hydroxylation sites is 1. The highest BCUT2D eigenvalue weighted by molar-refractivity contribution is 5.92. The number of benzene rings is 1. The van der Waals surface area contributed by atoms with E-state index in [1.807, 2.05) is 42.1 Å². The number of pyridine rings is 1. The summed E-state index contributed by atoms with van der Waals surface area (Å²) in [5, 5.41) is 8.22. The van der Waals surface area contributed by atoms with E-state index in [0.717, 1.165) is 10.9 Å². The predicted octanol–water partition coefficient (Wildman–Crippen LogP) is 2.71.